The Labute approximate surface area is 102 Å². The number of rotatable bonds is 3. The third-order valence-corrected chi connectivity index (χ3v) is 3.68. The van der Waals surface area contributed by atoms with Crippen LogP contribution in [0.3, 0.4) is 0 Å². The van der Waals surface area contributed by atoms with Crippen molar-refractivity contribution in [3.8, 4) is 5.88 Å². The molecule has 1 N–H and O–H groups in total. The number of aromatic nitrogens is 2. The van der Waals surface area contributed by atoms with Crippen molar-refractivity contribution >= 4 is 0 Å². The molecular formula is C13H20N2O2. The van der Waals surface area contributed by atoms with E-state index in [1.54, 1.807) is 19.2 Å². The summed E-state index contributed by atoms with van der Waals surface area (Å²) in [5, 5.41) is 18.2. The number of nitrogens with zero attached hydrogens (tertiary/aromatic N) is 2. The fourth-order valence-corrected chi connectivity index (χ4v) is 2.44. The largest absolute Gasteiger partial charge is 0.480 e. The smallest absolute Gasteiger partial charge is 0.233 e. The number of hydrogen-bond acceptors (Lipinski definition) is 4. The van der Waals surface area contributed by atoms with Crippen LogP contribution in [-0.2, 0) is 0 Å². The number of aliphatic hydroxyl groups is 1. The van der Waals surface area contributed by atoms with Gasteiger partial charge in [-0.15, -0.1) is 10.2 Å². The first-order valence-electron chi connectivity index (χ1n) is 6.26. The first-order chi connectivity index (χ1) is 8.20. The lowest BCUT2D eigenvalue weighted by atomic mass is 9.79. The maximum absolute atomic E-state index is 10.3. The molecule has 1 aromatic rings. The van der Waals surface area contributed by atoms with E-state index in [0.717, 1.165) is 18.8 Å². The molecule has 94 valence electrons. The van der Waals surface area contributed by atoms with Gasteiger partial charge in [0.25, 0.3) is 0 Å². The van der Waals surface area contributed by atoms with Gasteiger partial charge in [0.05, 0.1) is 12.8 Å². The van der Waals surface area contributed by atoms with Gasteiger partial charge in [-0.05, 0) is 30.7 Å². The molecule has 1 aliphatic carbocycles. The first kappa shape index (κ1) is 12.3. The Morgan fingerprint density at radius 3 is 2.47 bits per heavy atom. The fourth-order valence-electron chi connectivity index (χ4n) is 2.44. The maximum Gasteiger partial charge on any atom is 0.233 e. The highest BCUT2D eigenvalue weighted by Gasteiger charge is 2.26. The Morgan fingerprint density at radius 1 is 1.24 bits per heavy atom. The minimum atomic E-state index is -0.485. The molecule has 0 bridgehead atoms. The molecule has 1 saturated carbocycles. The van der Waals surface area contributed by atoms with Crippen LogP contribution in [0.2, 0.25) is 0 Å². The number of aliphatic hydroxyl groups excluding tert-OH is 1. The first-order valence-corrected chi connectivity index (χ1v) is 6.26. The standard InChI is InChI=1S/C13H20N2O2/c1-9-3-5-10(6-4-9)13(16)11-7-8-12(17-2)15-14-11/h7-10,13,16H,3-6H2,1-2H3. The molecule has 0 amide bonds. The van der Waals surface area contributed by atoms with Gasteiger partial charge in [0, 0.05) is 6.07 Å². The molecule has 2 rings (SSSR count). The van der Waals surface area contributed by atoms with Crippen molar-refractivity contribution in [1.82, 2.24) is 10.2 Å². The van der Waals surface area contributed by atoms with Gasteiger partial charge >= 0.3 is 0 Å². The Kier molecular flexibility index (Phi) is 3.94. The molecule has 1 unspecified atom stereocenters. The second-order valence-corrected chi connectivity index (χ2v) is 4.97. The van der Waals surface area contributed by atoms with Crippen LogP contribution in [0, 0.1) is 11.8 Å². The summed E-state index contributed by atoms with van der Waals surface area (Å²) < 4.78 is 4.95. The van der Waals surface area contributed by atoms with Gasteiger partial charge in [-0.3, -0.25) is 0 Å². The molecule has 0 aliphatic heterocycles. The van der Waals surface area contributed by atoms with Gasteiger partial charge in [-0.2, -0.15) is 0 Å². The zero-order chi connectivity index (χ0) is 12.3. The summed E-state index contributed by atoms with van der Waals surface area (Å²) in [5.41, 5.74) is 0.658. The predicted molar refractivity (Wildman–Crippen MR) is 64.7 cm³/mol. The van der Waals surface area contributed by atoms with Gasteiger partial charge < -0.3 is 9.84 Å². The minimum Gasteiger partial charge on any atom is -0.480 e. The topological polar surface area (TPSA) is 55.2 Å². The van der Waals surface area contributed by atoms with E-state index in [1.807, 2.05) is 0 Å². The summed E-state index contributed by atoms with van der Waals surface area (Å²) >= 11 is 0. The van der Waals surface area contributed by atoms with Gasteiger partial charge in [-0.1, -0.05) is 19.8 Å². The second-order valence-electron chi connectivity index (χ2n) is 4.97. The quantitative estimate of drug-likeness (QED) is 0.875. The molecule has 1 aliphatic rings. The van der Waals surface area contributed by atoms with Crippen LogP contribution >= 0.6 is 0 Å². The molecule has 0 aromatic carbocycles. The molecule has 0 spiro atoms. The van der Waals surface area contributed by atoms with E-state index in [2.05, 4.69) is 17.1 Å². The van der Waals surface area contributed by atoms with Gasteiger partial charge in [0.15, 0.2) is 0 Å². The van der Waals surface area contributed by atoms with Gasteiger partial charge in [0.2, 0.25) is 5.88 Å². The molecule has 1 aromatic heterocycles. The second kappa shape index (κ2) is 5.45. The van der Waals surface area contributed by atoms with E-state index < -0.39 is 6.10 Å². The monoisotopic (exact) mass is 236 g/mol. The van der Waals surface area contributed by atoms with Crippen LogP contribution in [0.1, 0.15) is 44.4 Å². The van der Waals surface area contributed by atoms with Crippen LogP contribution < -0.4 is 4.74 Å². The van der Waals surface area contributed by atoms with Crippen LogP contribution in [-0.4, -0.2) is 22.4 Å². The Morgan fingerprint density at radius 2 is 1.94 bits per heavy atom. The van der Waals surface area contributed by atoms with Crippen LogP contribution in [0.25, 0.3) is 0 Å². The third kappa shape index (κ3) is 2.94. The molecule has 4 heteroatoms. The van der Waals surface area contributed by atoms with E-state index in [-0.39, 0.29) is 0 Å². The lowest BCUT2D eigenvalue weighted by Crippen LogP contribution is -2.20. The minimum absolute atomic E-state index is 0.328. The van der Waals surface area contributed by atoms with E-state index in [4.69, 9.17) is 4.74 Å². The highest BCUT2D eigenvalue weighted by atomic mass is 16.5. The summed E-state index contributed by atoms with van der Waals surface area (Å²) in [6.45, 7) is 2.27. The fraction of sp³-hybridized carbons (Fsp3) is 0.692. The SMILES string of the molecule is COc1ccc(C(O)C2CCC(C)CC2)nn1. The van der Waals surface area contributed by atoms with Gasteiger partial charge in [0.1, 0.15) is 6.10 Å². The van der Waals surface area contributed by atoms with E-state index in [9.17, 15) is 5.11 Å². The lowest BCUT2D eigenvalue weighted by molar-refractivity contribution is 0.0712. The summed E-state index contributed by atoms with van der Waals surface area (Å²) in [7, 11) is 1.56. The third-order valence-electron chi connectivity index (χ3n) is 3.68. The number of hydrogen-bond donors (Lipinski definition) is 1. The van der Waals surface area contributed by atoms with E-state index >= 15 is 0 Å². The van der Waals surface area contributed by atoms with Crippen molar-refractivity contribution in [1.29, 1.82) is 0 Å². The van der Waals surface area contributed by atoms with Gasteiger partial charge in [-0.25, -0.2) is 0 Å². The zero-order valence-corrected chi connectivity index (χ0v) is 10.5. The average molecular weight is 236 g/mol. The normalized spacial score (nSPS) is 26.5. The van der Waals surface area contributed by atoms with E-state index in [0.29, 0.717) is 17.5 Å². The molecule has 0 saturated heterocycles. The summed E-state index contributed by atoms with van der Waals surface area (Å²) in [6, 6.07) is 3.55. The van der Waals surface area contributed by atoms with Crippen LogP contribution in [0.5, 0.6) is 5.88 Å². The predicted octanol–water partition coefficient (Wildman–Crippen LogP) is 2.34. The van der Waals surface area contributed by atoms with Crippen molar-refractivity contribution in [3.63, 3.8) is 0 Å². The van der Waals surface area contributed by atoms with Crippen molar-refractivity contribution < 1.29 is 9.84 Å². The molecule has 1 fully saturated rings. The Balaban J connectivity index is 2.00. The number of methoxy groups -OCH3 is 1. The molecule has 17 heavy (non-hydrogen) atoms. The molecule has 4 nitrogen and oxygen atoms in total. The van der Waals surface area contributed by atoms with Crippen LogP contribution in [0.4, 0.5) is 0 Å². The molecular weight excluding hydrogens is 216 g/mol. The summed E-state index contributed by atoms with van der Waals surface area (Å²) in [5.74, 6) is 1.60. The molecule has 1 atom stereocenters. The van der Waals surface area contributed by atoms with Crippen LogP contribution in [0.15, 0.2) is 12.1 Å². The highest BCUT2D eigenvalue weighted by molar-refractivity contribution is 5.13. The van der Waals surface area contributed by atoms with Crippen molar-refractivity contribution in [3.05, 3.63) is 17.8 Å². The van der Waals surface area contributed by atoms with Crippen molar-refractivity contribution in [2.45, 2.75) is 38.7 Å². The molecule has 1 heterocycles. The average Bonchev–Trinajstić information content (AvgIpc) is 2.39. The summed E-state index contributed by atoms with van der Waals surface area (Å²) in [4.78, 5) is 0. The molecule has 0 radical (unpaired) electrons. The Hall–Kier alpha value is -1.16. The zero-order valence-electron chi connectivity index (χ0n) is 10.5. The number of ether oxygens (including phenoxy) is 1. The highest BCUT2D eigenvalue weighted by Crippen LogP contribution is 2.35. The lowest BCUT2D eigenvalue weighted by Gasteiger charge is -2.29. The van der Waals surface area contributed by atoms with Crippen molar-refractivity contribution in [2.24, 2.45) is 11.8 Å². The Bertz CT molecular complexity index is 345. The maximum atomic E-state index is 10.3. The summed E-state index contributed by atoms with van der Waals surface area (Å²) in [6.07, 6.45) is 4.07. The van der Waals surface area contributed by atoms with Crippen molar-refractivity contribution in [2.75, 3.05) is 7.11 Å². The van der Waals surface area contributed by atoms with E-state index in [1.165, 1.54) is 12.8 Å².